The number of piperidine rings is 1. The van der Waals surface area contributed by atoms with Crippen molar-refractivity contribution in [2.75, 3.05) is 53.1 Å². The van der Waals surface area contributed by atoms with Crippen molar-refractivity contribution in [2.45, 2.75) is 46.2 Å². The first-order valence-corrected chi connectivity index (χ1v) is 14.1. The number of likely N-dealkylation sites (N-methyl/N-ethyl adjacent to an activating group) is 3. The van der Waals surface area contributed by atoms with Crippen molar-refractivity contribution < 1.29 is 9.59 Å². The molecule has 2 N–H and O–H groups in total. The van der Waals surface area contributed by atoms with Gasteiger partial charge in [0, 0.05) is 82.2 Å². The van der Waals surface area contributed by atoms with Gasteiger partial charge in [-0.15, -0.1) is 0 Å². The highest BCUT2D eigenvalue weighted by Crippen LogP contribution is 2.28. The topological polar surface area (TPSA) is 113 Å². The summed E-state index contributed by atoms with van der Waals surface area (Å²) in [7, 11) is 5.86. The minimum atomic E-state index is -0.157. The molecule has 3 amide bonds. The highest BCUT2D eigenvalue weighted by molar-refractivity contribution is 6.12. The molecule has 1 fully saturated rings. The van der Waals surface area contributed by atoms with Crippen LogP contribution in [0.15, 0.2) is 65.1 Å². The molecule has 2 unspecified atom stereocenters. The highest BCUT2D eigenvalue weighted by Gasteiger charge is 2.34. The second kappa shape index (κ2) is 14.5. The number of likely N-dealkylation sites (tertiary alicyclic amines) is 1. The SMILES string of the molecule is C/C=C/N=C1/C(=C(\C)N(C)C2CN(C(=O)CC#N)CCC2C)C=CN1C(=O)N(C)CCN(C)Cc1ccc(N)cc1. The average molecular weight is 561 g/mol. The van der Waals surface area contributed by atoms with Crippen molar-refractivity contribution in [3.05, 3.63) is 65.7 Å². The Labute approximate surface area is 244 Å². The largest absolute Gasteiger partial charge is 0.399 e. The van der Waals surface area contributed by atoms with Crippen LogP contribution in [-0.4, -0.2) is 95.6 Å². The van der Waals surface area contributed by atoms with E-state index in [4.69, 9.17) is 11.0 Å². The molecule has 2 atom stereocenters. The molecule has 2 heterocycles. The van der Waals surface area contributed by atoms with E-state index in [1.165, 1.54) is 0 Å². The van der Waals surface area contributed by atoms with Crippen LogP contribution in [0.4, 0.5) is 10.5 Å². The van der Waals surface area contributed by atoms with Gasteiger partial charge < -0.3 is 25.3 Å². The number of carbonyl (C=O) groups excluding carboxylic acids is 2. The second-order valence-corrected chi connectivity index (χ2v) is 10.9. The predicted octanol–water partition coefficient (Wildman–Crippen LogP) is 3.87. The van der Waals surface area contributed by atoms with Crippen molar-refractivity contribution >= 4 is 23.5 Å². The lowest BCUT2D eigenvalue weighted by molar-refractivity contribution is -0.132. The van der Waals surface area contributed by atoms with Crippen molar-refractivity contribution in [3.63, 3.8) is 0 Å². The maximum atomic E-state index is 13.6. The number of hydrogen-bond donors (Lipinski definition) is 1. The second-order valence-electron chi connectivity index (χ2n) is 10.9. The molecule has 1 saturated heterocycles. The number of allylic oxidation sites excluding steroid dienone is 2. The van der Waals surface area contributed by atoms with E-state index < -0.39 is 0 Å². The number of anilines is 1. The van der Waals surface area contributed by atoms with Crippen molar-refractivity contribution in [1.82, 2.24) is 24.5 Å². The molecule has 0 radical (unpaired) electrons. The number of amides is 3. The highest BCUT2D eigenvalue weighted by atomic mass is 16.2. The van der Waals surface area contributed by atoms with Gasteiger partial charge >= 0.3 is 6.03 Å². The van der Waals surface area contributed by atoms with E-state index in [1.807, 2.05) is 70.4 Å². The van der Waals surface area contributed by atoms with Crippen molar-refractivity contribution in [3.8, 4) is 6.07 Å². The number of nitrogens with zero attached hydrogens (tertiary/aromatic N) is 7. The number of nitrogen functional groups attached to an aromatic ring is 1. The van der Waals surface area contributed by atoms with E-state index in [1.54, 1.807) is 34.1 Å². The van der Waals surface area contributed by atoms with Crippen LogP contribution >= 0.6 is 0 Å². The molecular weight excluding hydrogens is 516 g/mol. The lowest BCUT2D eigenvalue weighted by atomic mass is 9.91. The van der Waals surface area contributed by atoms with Gasteiger partial charge in [-0.3, -0.25) is 9.69 Å². The first-order chi connectivity index (χ1) is 19.6. The van der Waals surface area contributed by atoms with Gasteiger partial charge in [-0.1, -0.05) is 25.1 Å². The molecule has 0 aliphatic carbocycles. The fraction of sp³-hybridized carbons (Fsp3) is 0.484. The summed E-state index contributed by atoms with van der Waals surface area (Å²) >= 11 is 0. The van der Waals surface area contributed by atoms with Gasteiger partial charge in [0.15, 0.2) is 0 Å². The number of aliphatic imine (C=N–C) groups is 1. The summed E-state index contributed by atoms with van der Waals surface area (Å²) in [4.78, 5) is 40.1. The summed E-state index contributed by atoms with van der Waals surface area (Å²) in [5, 5.41) is 8.98. The molecule has 1 aromatic rings. The van der Waals surface area contributed by atoms with E-state index in [2.05, 4.69) is 21.7 Å². The Hall–Kier alpha value is -4.10. The molecular formula is C31H44N8O2. The van der Waals surface area contributed by atoms with E-state index >= 15 is 0 Å². The third kappa shape index (κ3) is 7.98. The number of carbonyl (C=O) groups is 2. The smallest absolute Gasteiger partial charge is 0.329 e. The number of nitrogens with two attached hydrogens (primary N) is 1. The summed E-state index contributed by atoms with van der Waals surface area (Å²) in [6.07, 6.45) is 8.00. The van der Waals surface area contributed by atoms with Crippen LogP contribution in [0.5, 0.6) is 0 Å². The van der Waals surface area contributed by atoms with E-state index in [-0.39, 0.29) is 24.4 Å². The van der Waals surface area contributed by atoms with Crippen molar-refractivity contribution in [1.29, 1.82) is 5.26 Å². The van der Waals surface area contributed by atoms with Gasteiger partial charge in [-0.25, -0.2) is 9.79 Å². The predicted molar refractivity (Wildman–Crippen MR) is 163 cm³/mol. The van der Waals surface area contributed by atoms with E-state index in [0.29, 0.717) is 37.9 Å². The van der Waals surface area contributed by atoms with Crippen LogP contribution in [0.2, 0.25) is 0 Å². The monoisotopic (exact) mass is 560 g/mol. The molecule has 0 spiro atoms. The number of urea groups is 1. The van der Waals surface area contributed by atoms with E-state index in [0.717, 1.165) is 35.5 Å². The molecule has 0 bridgehead atoms. The number of hydrogen-bond acceptors (Lipinski definition) is 7. The van der Waals surface area contributed by atoms with E-state index in [9.17, 15) is 9.59 Å². The molecule has 2 aliphatic rings. The standard InChI is InChI=1S/C31H44N8O2/c1-7-16-34-30-27(24(3)37(6)28-22-38(17-13-23(28)2)29(40)12-15-32)14-18-39(30)31(41)36(5)20-19-35(4)21-25-8-10-26(33)11-9-25/h7-11,14,16,18,23,28H,12-13,17,19-22,33H2,1-6H3/b16-7+,27-24+,34-30-. The molecule has 41 heavy (non-hydrogen) atoms. The van der Waals surface area contributed by atoms with Crippen LogP contribution in [-0.2, 0) is 11.3 Å². The molecule has 0 aromatic heterocycles. The zero-order chi connectivity index (χ0) is 30.1. The quantitative estimate of drug-likeness (QED) is 0.459. The maximum Gasteiger partial charge on any atom is 0.329 e. The minimum Gasteiger partial charge on any atom is -0.399 e. The van der Waals surface area contributed by atoms with Gasteiger partial charge in [0.05, 0.1) is 6.07 Å². The lowest BCUT2D eigenvalue weighted by Gasteiger charge is -2.43. The van der Waals surface area contributed by atoms with Crippen LogP contribution in [0, 0.1) is 17.2 Å². The molecule has 10 nitrogen and oxygen atoms in total. The molecule has 220 valence electrons. The zero-order valence-electron chi connectivity index (χ0n) is 25.2. The molecule has 3 rings (SSSR count). The number of amidine groups is 1. The number of nitriles is 1. The number of benzene rings is 1. The van der Waals surface area contributed by atoms with Crippen LogP contribution < -0.4 is 5.73 Å². The fourth-order valence-corrected chi connectivity index (χ4v) is 5.15. The summed E-state index contributed by atoms with van der Waals surface area (Å²) < 4.78 is 0. The minimum absolute atomic E-state index is 0.0827. The van der Waals surface area contributed by atoms with Crippen LogP contribution in [0.1, 0.15) is 39.2 Å². The van der Waals surface area contributed by atoms with Gasteiger partial charge in [-0.05, 0) is 57.0 Å². The Morgan fingerprint density at radius 1 is 1.20 bits per heavy atom. The normalized spacial score (nSPS) is 21.1. The van der Waals surface area contributed by atoms with Crippen molar-refractivity contribution in [2.24, 2.45) is 10.9 Å². The Balaban J connectivity index is 1.72. The maximum absolute atomic E-state index is 13.6. The van der Waals surface area contributed by atoms with Crippen LogP contribution in [0.3, 0.4) is 0 Å². The van der Waals surface area contributed by atoms with Gasteiger partial charge in [0.1, 0.15) is 12.3 Å². The van der Waals surface area contributed by atoms with Gasteiger partial charge in [0.2, 0.25) is 5.91 Å². The fourth-order valence-electron chi connectivity index (χ4n) is 5.15. The van der Waals surface area contributed by atoms with Gasteiger partial charge in [0.25, 0.3) is 0 Å². The average Bonchev–Trinajstić information content (AvgIpc) is 3.38. The summed E-state index contributed by atoms with van der Waals surface area (Å²) in [5.41, 5.74) is 9.53. The summed E-state index contributed by atoms with van der Waals surface area (Å²) in [6, 6.07) is 9.72. The first kappa shape index (κ1) is 31.4. The Bertz CT molecular complexity index is 1240. The Morgan fingerprint density at radius 3 is 2.56 bits per heavy atom. The lowest BCUT2D eigenvalue weighted by Crippen LogP contribution is -2.52. The van der Waals surface area contributed by atoms with Gasteiger partial charge in [-0.2, -0.15) is 5.26 Å². The Kier molecular flexibility index (Phi) is 11.1. The molecule has 2 aliphatic heterocycles. The summed E-state index contributed by atoms with van der Waals surface area (Å²) in [6.45, 7) is 9.35. The number of rotatable bonds is 9. The zero-order valence-corrected chi connectivity index (χ0v) is 25.2. The summed E-state index contributed by atoms with van der Waals surface area (Å²) in [5.74, 6) is 0.802. The third-order valence-corrected chi connectivity index (χ3v) is 7.91. The Morgan fingerprint density at radius 2 is 1.90 bits per heavy atom. The molecule has 10 heteroatoms. The molecule has 0 saturated carbocycles. The van der Waals surface area contributed by atoms with Crippen LogP contribution in [0.25, 0.3) is 0 Å². The first-order valence-electron chi connectivity index (χ1n) is 14.1. The third-order valence-electron chi connectivity index (χ3n) is 7.91. The molecule has 1 aromatic carbocycles.